The van der Waals surface area contributed by atoms with Crippen molar-refractivity contribution in [2.24, 2.45) is 17.8 Å². The molecule has 0 aliphatic heterocycles. The average Bonchev–Trinajstić information content (AvgIpc) is 3.43. The summed E-state index contributed by atoms with van der Waals surface area (Å²) in [5.41, 5.74) is -0.353. The van der Waals surface area contributed by atoms with Gasteiger partial charge in [0.15, 0.2) is 27.3 Å². The SMILES string of the molecule is O=C(Nc1cc(F)c(F)c(F)c1)c1ccc(Cl)c(S(=O)(=O)C2C3CC[C@H]2C[C@H](Cn2ccnc2)C3)c1. The lowest BCUT2D eigenvalue weighted by molar-refractivity contribution is 0.102. The van der Waals surface area contributed by atoms with Crippen LogP contribution < -0.4 is 5.32 Å². The quantitative estimate of drug-likeness (QED) is 0.422. The highest BCUT2D eigenvalue weighted by molar-refractivity contribution is 7.92. The summed E-state index contributed by atoms with van der Waals surface area (Å²) in [7, 11) is -3.86. The summed E-state index contributed by atoms with van der Waals surface area (Å²) < 4.78 is 69.8. The molecular formula is C25H23ClF3N3O3S. The molecule has 2 unspecified atom stereocenters. The van der Waals surface area contributed by atoms with Crippen LogP contribution in [0.5, 0.6) is 0 Å². The second-order valence-corrected chi connectivity index (χ2v) is 12.0. The van der Waals surface area contributed by atoms with E-state index < -0.39 is 38.4 Å². The monoisotopic (exact) mass is 537 g/mol. The lowest BCUT2D eigenvalue weighted by Gasteiger charge is -2.35. The summed E-state index contributed by atoms with van der Waals surface area (Å²) in [6.45, 7) is 0.792. The molecule has 2 saturated carbocycles. The number of rotatable bonds is 6. The zero-order valence-electron chi connectivity index (χ0n) is 19.0. The third-order valence-electron chi connectivity index (χ3n) is 7.24. The summed E-state index contributed by atoms with van der Waals surface area (Å²) in [6.07, 6.45) is 8.56. The van der Waals surface area contributed by atoms with E-state index in [4.69, 9.17) is 11.6 Å². The number of imidazole rings is 1. The van der Waals surface area contributed by atoms with Crippen molar-refractivity contribution in [3.63, 3.8) is 0 Å². The van der Waals surface area contributed by atoms with E-state index in [9.17, 15) is 26.4 Å². The van der Waals surface area contributed by atoms with Crippen LogP contribution in [0.15, 0.2) is 53.9 Å². The van der Waals surface area contributed by atoms with Crippen LogP contribution in [-0.4, -0.2) is 29.1 Å². The van der Waals surface area contributed by atoms with Gasteiger partial charge in [-0.15, -0.1) is 0 Å². The molecule has 2 fully saturated rings. The Morgan fingerprint density at radius 1 is 1.08 bits per heavy atom. The van der Waals surface area contributed by atoms with Crippen LogP contribution in [0.25, 0.3) is 0 Å². The standard InChI is InChI=1S/C25H23ClF3N3O3S/c26-19-4-3-17(25(33)31-18-10-20(27)23(29)21(28)11-18)9-22(19)36(34,35)24-15-1-2-16(24)8-14(7-15)12-32-6-5-30-13-32/h3-6,9-11,13-16,24H,1-2,7-8,12H2,(H,31,33)/t14-,15-,16?,24?/m0/s1. The van der Waals surface area contributed by atoms with Gasteiger partial charge in [0.2, 0.25) is 0 Å². The minimum atomic E-state index is -3.86. The number of hydrogen-bond acceptors (Lipinski definition) is 4. The van der Waals surface area contributed by atoms with Gasteiger partial charge in [-0.05, 0) is 61.6 Å². The minimum Gasteiger partial charge on any atom is -0.337 e. The highest BCUT2D eigenvalue weighted by Gasteiger charge is 2.50. The van der Waals surface area contributed by atoms with Crippen LogP contribution in [0.1, 0.15) is 36.0 Å². The molecule has 1 aromatic heterocycles. The number of nitrogens with one attached hydrogen (secondary N) is 1. The molecule has 5 rings (SSSR count). The number of fused-ring (bicyclic) bond motifs is 2. The number of carbonyl (C=O) groups is 1. The molecule has 1 heterocycles. The van der Waals surface area contributed by atoms with Gasteiger partial charge in [0.05, 0.1) is 21.5 Å². The van der Waals surface area contributed by atoms with E-state index in [0.29, 0.717) is 18.1 Å². The summed E-state index contributed by atoms with van der Waals surface area (Å²) in [6, 6.07) is 5.12. The van der Waals surface area contributed by atoms with Crippen LogP contribution in [0, 0.1) is 35.2 Å². The second-order valence-electron chi connectivity index (χ2n) is 9.56. The van der Waals surface area contributed by atoms with Crippen LogP contribution in [-0.2, 0) is 16.4 Å². The fourth-order valence-corrected chi connectivity index (χ4v) is 8.66. The Labute approximate surface area is 211 Å². The van der Waals surface area contributed by atoms with Crippen molar-refractivity contribution in [3.05, 3.63) is 77.1 Å². The van der Waals surface area contributed by atoms with Crippen molar-refractivity contribution < 1.29 is 26.4 Å². The van der Waals surface area contributed by atoms with Crippen molar-refractivity contribution >= 4 is 33.0 Å². The lowest BCUT2D eigenvalue weighted by Crippen LogP contribution is -2.38. The van der Waals surface area contributed by atoms with Gasteiger partial charge in [-0.2, -0.15) is 0 Å². The summed E-state index contributed by atoms with van der Waals surface area (Å²) in [4.78, 5) is 16.7. The summed E-state index contributed by atoms with van der Waals surface area (Å²) >= 11 is 6.30. The normalized spacial score (nSPS) is 23.6. The molecule has 4 atom stereocenters. The van der Waals surface area contributed by atoms with Crippen molar-refractivity contribution in [3.8, 4) is 0 Å². The smallest absolute Gasteiger partial charge is 0.255 e. The van der Waals surface area contributed by atoms with E-state index in [2.05, 4.69) is 10.3 Å². The molecule has 6 nitrogen and oxygen atoms in total. The number of nitrogens with zero attached hydrogens (tertiary/aromatic N) is 2. The van der Waals surface area contributed by atoms with Gasteiger partial charge in [-0.3, -0.25) is 4.79 Å². The predicted octanol–water partition coefficient (Wildman–Crippen LogP) is 5.48. The van der Waals surface area contributed by atoms with Crippen LogP contribution >= 0.6 is 11.6 Å². The summed E-state index contributed by atoms with van der Waals surface area (Å²) in [5.74, 6) is -5.04. The molecule has 2 aliphatic carbocycles. The van der Waals surface area contributed by atoms with Crippen molar-refractivity contribution in [1.82, 2.24) is 9.55 Å². The third kappa shape index (κ3) is 4.64. The molecule has 0 spiro atoms. The van der Waals surface area contributed by atoms with Crippen molar-refractivity contribution in [2.75, 3.05) is 5.32 Å². The van der Waals surface area contributed by atoms with Crippen molar-refractivity contribution in [2.45, 2.75) is 42.4 Å². The molecule has 1 N–H and O–H groups in total. The fraction of sp³-hybridized carbons (Fsp3) is 0.360. The number of amides is 1. The first-order valence-corrected chi connectivity index (χ1v) is 13.5. The van der Waals surface area contributed by atoms with Gasteiger partial charge in [0.1, 0.15) is 0 Å². The van der Waals surface area contributed by atoms with Gasteiger partial charge in [-0.1, -0.05) is 11.6 Å². The third-order valence-corrected chi connectivity index (χ3v) is 10.1. The molecule has 2 aromatic carbocycles. The Bertz CT molecular complexity index is 1380. The molecule has 2 bridgehead atoms. The van der Waals surface area contributed by atoms with E-state index in [0.717, 1.165) is 32.2 Å². The highest BCUT2D eigenvalue weighted by Crippen LogP contribution is 2.50. The van der Waals surface area contributed by atoms with Crippen LogP contribution in [0.2, 0.25) is 5.02 Å². The predicted molar refractivity (Wildman–Crippen MR) is 128 cm³/mol. The molecule has 0 radical (unpaired) electrons. The average molecular weight is 538 g/mol. The maximum absolute atomic E-state index is 13.8. The van der Waals surface area contributed by atoms with E-state index in [1.807, 2.05) is 10.8 Å². The molecular weight excluding hydrogens is 515 g/mol. The Morgan fingerprint density at radius 3 is 2.36 bits per heavy atom. The largest absolute Gasteiger partial charge is 0.337 e. The maximum atomic E-state index is 13.8. The number of benzene rings is 2. The number of anilines is 1. The Hall–Kier alpha value is -2.85. The van der Waals surface area contributed by atoms with E-state index in [1.54, 1.807) is 12.5 Å². The number of carbonyl (C=O) groups excluding carboxylic acids is 1. The topological polar surface area (TPSA) is 81.1 Å². The van der Waals surface area contributed by atoms with Gasteiger partial charge in [-0.25, -0.2) is 26.6 Å². The lowest BCUT2D eigenvalue weighted by atomic mass is 9.80. The molecule has 11 heteroatoms. The van der Waals surface area contributed by atoms with Gasteiger partial charge < -0.3 is 9.88 Å². The highest BCUT2D eigenvalue weighted by atomic mass is 35.5. The molecule has 36 heavy (non-hydrogen) atoms. The maximum Gasteiger partial charge on any atom is 0.255 e. The first-order valence-electron chi connectivity index (χ1n) is 11.6. The Kier molecular flexibility index (Phi) is 6.59. The number of sulfone groups is 1. The molecule has 2 aliphatic rings. The first-order chi connectivity index (χ1) is 17.1. The second kappa shape index (κ2) is 9.55. The van der Waals surface area contributed by atoms with Gasteiger partial charge in [0.25, 0.3) is 5.91 Å². The zero-order chi connectivity index (χ0) is 25.6. The fourth-order valence-electron chi connectivity index (χ4n) is 5.79. The zero-order valence-corrected chi connectivity index (χ0v) is 20.6. The first kappa shape index (κ1) is 24.8. The Morgan fingerprint density at radius 2 is 1.75 bits per heavy atom. The van der Waals surface area contributed by atoms with E-state index in [1.165, 1.54) is 18.2 Å². The number of halogens is 4. The molecule has 190 valence electrons. The molecule has 1 amide bonds. The van der Waals surface area contributed by atoms with Gasteiger partial charge >= 0.3 is 0 Å². The number of aromatic nitrogens is 2. The molecule has 0 saturated heterocycles. The van der Waals surface area contributed by atoms with Crippen LogP contribution in [0.4, 0.5) is 18.9 Å². The van der Waals surface area contributed by atoms with Crippen molar-refractivity contribution in [1.29, 1.82) is 0 Å². The Balaban J connectivity index is 1.37. The summed E-state index contributed by atoms with van der Waals surface area (Å²) in [5, 5.41) is 1.69. The van der Waals surface area contributed by atoms with Gasteiger partial charge in [0, 0.05) is 42.3 Å². The van der Waals surface area contributed by atoms with E-state index in [-0.39, 0.29) is 33.0 Å². The molecule has 3 aromatic rings. The van der Waals surface area contributed by atoms with Crippen LogP contribution in [0.3, 0.4) is 0 Å². The minimum absolute atomic E-state index is 0.00496. The van der Waals surface area contributed by atoms with E-state index >= 15 is 0 Å². The number of hydrogen-bond donors (Lipinski definition) is 1.